The zero-order valence-electron chi connectivity index (χ0n) is 15.6. The number of sulfone groups is 1. The van der Waals surface area contributed by atoms with Gasteiger partial charge in [-0.05, 0) is 24.1 Å². The maximum Gasteiger partial charge on any atom is 0.311 e. The van der Waals surface area contributed by atoms with Crippen molar-refractivity contribution in [3.63, 3.8) is 0 Å². The second-order valence-electron chi connectivity index (χ2n) is 6.68. The van der Waals surface area contributed by atoms with Crippen LogP contribution in [0, 0.1) is 0 Å². The predicted octanol–water partition coefficient (Wildman–Crippen LogP) is 1.15. The molecule has 1 saturated heterocycles. The molecule has 150 valence electrons. The molecule has 0 spiro atoms. The predicted molar refractivity (Wildman–Crippen MR) is 108 cm³/mol. The van der Waals surface area contributed by atoms with Crippen LogP contribution in [0.3, 0.4) is 0 Å². The standard InChI is InChI=1S/C19H23N3O4S2/c1-21-9-11-22(12-10-21)19(24)18(23)20-14-16(15-6-3-2-4-7-15)28(25,26)17-8-5-13-27-17/h2-8,13,16H,9-12,14H2,1H3,(H,20,23)/t16-/m1/s1. The third-order valence-electron chi connectivity index (χ3n) is 4.75. The maximum atomic E-state index is 13.1. The summed E-state index contributed by atoms with van der Waals surface area (Å²) in [6.07, 6.45) is 0. The van der Waals surface area contributed by atoms with Crippen molar-refractivity contribution in [2.24, 2.45) is 0 Å². The van der Waals surface area contributed by atoms with E-state index >= 15 is 0 Å². The first kappa shape index (κ1) is 20.5. The van der Waals surface area contributed by atoms with E-state index in [4.69, 9.17) is 0 Å². The molecule has 1 aliphatic rings. The molecule has 2 amide bonds. The van der Waals surface area contributed by atoms with Gasteiger partial charge in [0, 0.05) is 32.7 Å². The number of carbonyl (C=O) groups is 2. The van der Waals surface area contributed by atoms with Crippen LogP contribution >= 0.6 is 11.3 Å². The molecule has 1 aromatic heterocycles. The molecule has 28 heavy (non-hydrogen) atoms. The summed E-state index contributed by atoms with van der Waals surface area (Å²) in [4.78, 5) is 28.3. The van der Waals surface area contributed by atoms with Crippen molar-refractivity contribution in [1.29, 1.82) is 0 Å². The number of hydrogen-bond acceptors (Lipinski definition) is 6. The highest BCUT2D eigenvalue weighted by atomic mass is 32.2. The lowest BCUT2D eigenvalue weighted by Crippen LogP contribution is -2.52. The van der Waals surface area contributed by atoms with Crippen LogP contribution in [0.1, 0.15) is 10.8 Å². The first-order chi connectivity index (χ1) is 13.4. The number of likely N-dealkylation sites (N-methyl/N-ethyl adjacent to an activating group) is 1. The van der Waals surface area contributed by atoms with Crippen molar-refractivity contribution in [3.05, 3.63) is 53.4 Å². The fraction of sp³-hybridized carbons (Fsp3) is 0.368. The second-order valence-corrected chi connectivity index (χ2v) is 9.99. The van der Waals surface area contributed by atoms with E-state index in [0.717, 1.165) is 11.3 Å². The van der Waals surface area contributed by atoms with E-state index in [-0.39, 0.29) is 10.8 Å². The zero-order chi connectivity index (χ0) is 20.1. The van der Waals surface area contributed by atoms with E-state index < -0.39 is 26.9 Å². The molecular formula is C19H23N3O4S2. The SMILES string of the molecule is CN1CCN(C(=O)C(=O)NC[C@H](c2ccccc2)S(=O)(=O)c2cccs2)CC1. The van der Waals surface area contributed by atoms with Crippen LogP contribution in [-0.4, -0.2) is 69.8 Å². The number of benzene rings is 1. The Morgan fingerprint density at radius 3 is 2.36 bits per heavy atom. The molecule has 0 saturated carbocycles. The molecular weight excluding hydrogens is 398 g/mol. The lowest BCUT2D eigenvalue weighted by molar-refractivity contribution is -0.146. The van der Waals surface area contributed by atoms with Crippen molar-refractivity contribution >= 4 is 33.0 Å². The van der Waals surface area contributed by atoms with E-state index in [0.29, 0.717) is 31.7 Å². The van der Waals surface area contributed by atoms with E-state index in [2.05, 4.69) is 10.2 Å². The Morgan fingerprint density at radius 1 is 1.07 bits per heavy atom. The second kappa shape index (κ2) is 8.85. The van der Waals surface area contributed by atoms with Gasteiger partial charge in [-0.2, -0.15) is 0 Å². The van der Waals surface area contributed by atoms with Gasteiger partial charge >= 0.3 is 11.8 Å². The van der Waals surface area contributed by atoms with Crippen molar-refractivity contribution in [3.8, 4) is 0 Å². The number of rotatable bonds is 5. The fourth-order valence-electron chi connectivity index (χ4n) is 3.05. The molecule has 1 fully saturated rings. The molecule has 2 aromatic rings. The molecule has 0 radical (unpaired) electrons. The van der Waals surface area contributed by atoms with E-state index in [1.54, 1.807) is 47.8 Å². The lowest BCUT2D eigenvalue weighted by Gasteiger charge is -2.32. The number of carbonyl (C=O) groups excluding carboxylic acids is 2. The van der Waals surface area contributed by atoms with Gasteiger partial charge in [0.2, 0.25) is 0 Å². The first-order valence-corrected chi connectivity index (χ1v) is 11.4. The van der Waals surface area contributed by atoms with Crippen molar-refractivity contribution < 1.29 is 18.0 Å². The Morgan fingerprint density at radius 2 is 1.75 bits per heavy atom. The average molecular weight is 422 g/mol. The summed E-state index contributed by atoms with van der Waals surface area (Å²) in [6.45, 7) is 2.22. The Hall–Kier alpha value is -2.23. The van der Waals surface area contributed by atoms with Gasteiger partial charge in [-0.25, -0.2) is 8.42 Å². The van der Waals surface area contributed by atoms with Gasteiger partial charge in [0.1, 0.15) is 9.46 Å². The summed E-state index contributed by atoms with van der Waals surface area (Å²) in [5.41, 5.74) is 0.572. The lowest BCUT2D eigenvalue weighted by atomic mass is 10.1. The third kappa shape index (κ3) is 4.60. The average Bonchev–Trinajstić information content (AvgIpc) is 3.24. The Bertz CT molecular complexity index is 906. The largest absolute Gasteiger partial charge is 0.346 e. The minimum atomic E-state index is -3.69. The van der Waals surface area contributed by atoms with Crippen LogP contribution in [0.25, 0.3) is 0 Å². The first-order valence-electron chi connectivity index (χ1n) is 8.97. The van der Waals surface area contributed by atoms with Gasteiger partial charge in [0.15, 0.2) is 9.84 Å². The molecule has 2 heterocycles. The summed E-state index contributed by atoms with van der Waals surface area (Å²) in [7, 11) is -1.73. The topological polar surface area (TPSA) is 86.8 Å². The summed E-state index contributed by atoms with van der Waals surface area (Å²) < 4.78 is 26.4. The minimum Gasteiger partial charge on any atom is -0.346 e. The highest BCUT2D eigenvalue weighted by Crippen LogP contribution is 2.31. The highest BCUT2D eigenvalue weighted by Gasteiger charge is 2.32. The molecule has 1 aliphatic heterocycles. The Kier molecular flexibility index (Phi) is 6.48. The maximum absolute atomic E-state index is 13.1. The van der Waals surface area contributed by atoms with Crippen LogP contribution in [0.5, 0.6) is 0 Å². The summed E-state index contributed by atoms with van der Waals surface area (Å²) in [5, 5.41) is 3.28. The fourth-order valence-corrected chi connectivity index (χ4v) is 5.92. The number of thiophene rings is 1. The van der Waals surface area contributed by atoms with Gasteiger partial charge in [0.05, 0.1) is 0 Å². The number of nitrogens with zero attached hydrogens (tertiary/aromatic N) is 2. The van der Waals surface area contributed by atoms with Crippen molar-refractivity contribution in [2.75, 3.05) is 39.8 Å². The van der Waals surface area contributed by atoms with Crippen LogP contribution in [0.2, 0.25) is 0 Å². The molecule has 1 aromatic carbocycles. The van der Waals surface area contributed by atoms with Crippen LogP contribution in [-0.2, 0) is 19.4 Å². The molecule has 1 N–H and O–H groups in total. The van der Waals surface area contributed by atoms with E-state index in [9.17, 15) is 18.0 Å². The van der Waals surface area contributed by atoms with E-state index in [1.165, 1.54) is 4.90 Å². The number of piperazine rings is 1. The van der Waals surface area contributed by atoms with Crippen LogP contribution in [0.4, 0.5) is 0 Å². The van der Waals surface area contributed by atoms with Gasteiger partial charge in [-0.1, -0.05) is 36.4 Å². The van der Waals surface area contributed by atoms with Crippen LogP contribution in [0.15, 0.2) is 52.1 Å². The molecule has 0 aliphatic carbocycles. The quantitative estimate of drug-likeness (QED) is 0.732. The Balaban J connectivity index is 1.74. The summed E-state index contributed by atoms with van der Waals surface area (Å²) >= 11 is 1.14. The van der Waals surface area contributed by atoms with Gasteiger partial charge in [0.25, 0.3) is 0 Å². The molecule has 7 nitrogen and oxygen atoms in total. The smallest absolute Gasteiger partial charge is 0.311 e. The van der Waals surface area contributed by atoms with Crippen molar-refractivity contribution in [2.45, 2.75) is 9.46 Å². The van der Waals surface area contributed by atoms with Crippen molar-refractivity contribution in [1.82, 2.24) is 15.1 Å². The molecule has 1 atom stereocenters. The number of amides is 2. The Labute approximate surface area is 168 Å². The van der Waals surface area contributed by atoms with Crippen LogP contribution < -0.4 is 5.32 Å². The number of nitrogens with one attached hydrogen (secondary N) is 1. The third-order valence-corrected chi connectivity index (χ3v) is 8.29. The minimum absolute atomic E-state index is 0.164. The summed E-state index contributed by atoms with van der Waals surface area (Å²) in [6, 6.07) is 12.0. The number of hydrogen-bond donors (Lipinski definition) is 1. The molecule has 0 unspecified atom stereocenters. The molecule has 9 heteroatoms. The highest BCUT2D eigenvalue weighted by molar-refractivity contribution is 7.93. The normalized spacial score (nSPS) is 16.5. The molecule has 0 bridgehead atoms. The monoisotopic (exact) mass is 421 g/mol. The van der Waals surface area contributed by atoms with Gasteiger partial charge in [-0.3, -0.25) is 9.59 Å². The van der Waals surface area contributed by atoms with Gasteiger partial charge < -0.3 is 15.1 Å². The molecule has 3 rings (SSSR count). The van der Waals surface area contributed by atoms with Gasteiger partial charge in [-0.15, -0.1) is 11.3 Å². The van der Waals surface area contributed by atoms with E-state index in [1.807, 2.05) is 7.05 Å². The zero-order valence-corrected chi connectivity index (χ0v) is 17.2. The summed E-state index contributed by atoms with van der Waals surface area (Å²) in [5.74, 6) is -1.39.